The molecule has 2 aromatic carbocycles. The van der Waals surface area contributed by atoms with Crippen molar-refractivity contribution in [1.29, 1.82) is 0 Å². The van der Waals surface area contributed by atoms with Gasteiger partial charge in [0.15, 0.2) is 5.78 Å². The van der Waals surface area contributed by atoms with Crippen molar-refractivity contribution in [1.82, 2.24) is 0 Å². The van der Waals surface area contributed by atoms with E-state index in [1.54, 1.807) is 24.3 Å². The quantitative estimate of drug-likeness (QED) is 0.647. The molecule has 0 amide bonds. The molecule has 0 saturated carbocycles. The lowest BCUT2D eigenvalue weighted by molar-refractivity contribution is 0.103. The minimum atomic E-state index is -0.0872. The number of nitrogen functional groups attached to an aromatic ring is 2. The molecular formula is C16H16N2O2. The molecule has 1 aliphatic heterocycles. The third-order valence-electron chi connectivity index (χ3n) is 3.49. The number of carbonyl (C=O) groups is 1. The number of fused-ring (bicyclic) bond motifs is 1. The van der Waals surface area contributed by atoms with Crippen LogP contribution in [0, 0.1) is 0 Å². The molecule has 0 aromatic heterocycles. The minimum Gasteiger partial charge on any atom is -0.493 e. The topological polar surface area (TPSA) is 78.3 Å². The van der Waals surface area contributed by atoms with Crippen molar-refractivity contribution in [2.45, 2.75) is 12.8 Å². The Balaban J connectivity index is 1.98. The first kappa shape index (κ1) is 12.5. The minimum absolute atomic E-state index is 0.0872. The molecule has 1 aliphatic rings. The fraction of sp³-hybridized carbons (Fsp3) is 0.188. The lowest BCUT2D eigenvalue weighted by atomic mass is 9.97. The maximum absolute atomic E-state index is 12.5. The predicted octanol–water partition coefficient (Wildman–Crippen LogP) is 2.41. The first-order valence-electron chi connectivity index (χ1n) is 6.60. The molecule has 0 saturated heterocycles. The van der Waals surface area contributed by atoms with Gasteiger partial charge in [-0.1, -0.05) is 0 Å². The van der Waals surface area contributed by atoms with Crippen LogP contribution in [0.15, 0.2) is 36.4 Å². The SMILES string of the molecule is Nc1ccc(C(=O)c2ccc3c(c2)CCCO3)c(N)c1. The molecule has 102 valence electrons. The molecule has 4 N–H and O–H groups in total. The molecule has 0 radical (unpaired) electrons. The summed E-state index contributed by atoms with van der Waals surface area (Å²) in [4.78, 5) is 12.5. The van der Waals surface area contributed by atoms with Crippen molar-refractivity contribution in [3.8, 4) is 5.75 Å². The molecule has 4 heteroatoms. The smallest absolute Gasteiger partial charge is 0.195 e. The second kappa shape index (κ2) is 4.89. The Kier molecular flexibility index (Phi) is 3.06. The Labute approximate surface area is 117 Å². The van der Waals surface area contributed by atoms with Gasteiger partial charge in [0, 0.05) is 22.5 Å². The number of carbonyl (C=O) groups excluding carboxylic acids is 1. The van der Waals surface area contributed by atoms with Crippen LogP contribution < -0.4 is 16.2 Å². The summed E-state index contributed by atoms with van der Waals surface area (Å²) in [7, 11) is 0. The van der Waals surface area contributed by atoms with Crippen LogP contribution in [-0.2, 0) is 6.42 Å². The summed E-state index contributed by atoms with van der Waals surface area (Å²) in [6.45, 7) is 0.741. The van der Waals surface area contributed by atoms with Gasteiger partial charge < -0.3 is 16.2 Å². The van der Waals surface area contributed by atoms with Crippen LogP contribution in [0.25, 0.3) is 0 Å². The van der Waals surface area contributed by atoms with Crippen molar-refractivity contribution >= 4 is 17.2 Å². The number of benzene rings is 2. The van der Waals surface area contributed by atoms with Gasteiger partial charge in [0.2, 0.25) is 0 Å². The summed E-state index contributed by atoms with van der Waals surface area (Å²) in [6, 6.07) is 10.5. The number of aryl methyl sites for hydroxylation is 1. The van der Waals surface area contributed by atoms with Crippen LogP contribution in [0.4, 0.5) is 11.4 Å². The number of hydrogen-bond acceptors (Lipinski definition) is 4. The Morgan fingerprint density at radius 3 is 2.75 bits per heavy atom. The first-order valence-corrected chi connectivity index (χ1v) is 6.60. The highest BCUT2D eigenvalue weighted by molar-refractivity contribution is 6.12. The molecular weight excluding hydrogens is 252 g/mol. The van der Waals surface area contributed by atoms with Gasteiger partial charge in [-0.3, -0.25) is 4.79 Å². The van der Waals surface area contributed by atoms with E-state index in [2.05, 4.69) is 0 Å². The zero-order valence-electron chi connectivity index (χ0n) is 11.1. The van der Waals surface area contributed by atoms with Crippen molar-refractivity contribution in [3.05, 3.63) is 53.1 Å². The van der Waals surface area contributed by atoms with E-state index in [-0.39, 0.29) is 5.78 Å². The molecule has 0 bridgehead atoms. The maximum atomic E-state index is 12.5. The highest BCUT2D eigenvalue weighted by atomic mass is 16.5. The highest BCUT2D eigenvalue weighted by Gasteiger charge is 2.16. The van der Waals surface area contributed by atoms with Gasteiger partial charge in [-0.15, -0.1) is 0 Å². The Morgan fingerprint density at radius 2 is 1.95 bits per heavy atom. The number of ketones is 1. The van der Waals surface area contributed by atoms with Gasteiger partial charge >= 0.3 is 0 Å². The third-order valence-corrected chi connectivity index (χ3v) is 3.49. The summed E-state index contributed by atoms with van der Waals surface area (Å²) in [6.07, 6.45) is 1.92. The van der Waals surface area contributed by atoms with E-state index < -0.39 is 0 Å². The van der Waals surface area contributed by atoms with E-state index in [0.717, 1.165) is 30.8 Å². The highest BCUT2D eigenvalue weighted by Crippen LogP contribution is 2.27. The van der Waals surface area contributed by atoms with Gasteiger partial charge in [0.05, 0.1) is 6.61 Å². The van der Waals surface area contributed by atoms with Crippen molar-refractivity contribution in [3.63, 3.8) is 0 Å². The average molecular weight is 268 g/mol. The van der Waals surface area contributed by atoms with Crippen LogP contribution in [0.5, 0.6) is 5.75 Å². The summed E-state index contributed by atoms with van der Waals surface area (Å²) in [5, 5.41) is 0. The lowest BCUT2D eigenvalue weighted by Crippen LogP contribution is -2.11. The molecule has 1 heterocycles. The second-order valence-electron chi connectivity index (χ2n) is 4.95. The lowest BCUT2D eigenvalue weighted by Gasteiger charge is -2.17. The second-order valence-corrected chi connectivity index (χ2v) is 4.95. The Hall–Kier alpha value is -2.49. The largest absolute Gasteiger partial charge is 0.493 e. The van der Waals surface area contributed by atoms with Gasteiger partial charge in [-0.05, 0) is 54.8 Å². The number of anilines is 2. The number of rotatable bonds is 2. The molecule has 0 atom stereocenters. The van der Waals surface area contributed by atoms with Crippen molar-refractivity contribution < 1.29 is 9.53 Å². The van der Waals surface area contributed by atoms with Crippen LogP contribution in [-0.4, -0.2) is 12.4 Å². The maximum Gasteiger partial charge on any atom is 0.195 e. The Morgan fingerprint density at radius 1 is 1.10 bits per heavy atom. The van der Waals surface area contributed by atoms with Crippen molar-refractivity contribution in [2.75, 3.05) is 18.1 Å². The molecule has 0 fully saturated rings. The van der Waals surface area contributed by atoms with Crippen LogP contribution >= 0.6 is 0 Å². The zero-order valence-corrected chi connectivity index (χ0v) is 11.1. The monoisotopic (exact) mass is 268 g/mol. The van der Waals surface area contributed by atoms with E-state index in [4.69, 9.17) is 16.2 Å². The van der Waals surface area contributed by atoms with E-state index in [1.165, 1.54) is 0 Å². The van der Waals surface area contributed by atoms with Crippen molar-refractivity contribution in [2.24, 2.45) is 0 Å². The third kappa shape index (κ3) is 2.20. The summed E-state index contributed by atoms with van der Waals surface area (Å²) < 4.78 is 5.55. The predicted molar refractivity (Wildman–Crippen MR) is 79.0 cm³/mol. The number of nitrogens with two attached hydrogens (primary N) is 2. The fourth-order valence-electron chi connectivity index (χ4n) is 2.45. The zero-order chi connectivity index (χ0) is 14.1. The standard InChI is InChI=1S/C16H16N2O2/c17-12-4-5-13(14(18)9-12)16(19)11-3-6-15-10(8-11)2-1-7-20-15/h3-6,8-9H,1-2,7,17-18H2. The van der Waals surface area contributed by atoms with Gasteiger partial charge in [-0.2, -0.15) is 0 Å². The summed E-state index contributed by atoms with van der Waals surface area (Å²) in [5.74, 6) is 0.786. The van der Waals surface area contributed by atoms with E-state index in [1.807, 2.05) is 12.1 Å². The number of hydrogen-bond donors (Lipinski definition) is 2. The van der Waals surface area contributed by atoms with Crippen LogP contribution in [0.3, 0.4) is 0 Å². The van der Waals surface area contributed by atoms with E-state index in [0.29, 0.717) is 22.5 Å². The summed E-state index contributed by atoms with van der Waals surface area (Å²) >= 11 is 0. The molecule has 0 aliphatic carbocycles. The van der Waals surface area contributed by atoms with Gasteiger partial charge in [0.1, 0.15) is 5.75 Å². The molecule has 0 unspecified atom stereocenters. The van der Waals surface area contributed by atoms with Gasteiger partial charge in [-0.25, -0.2) is 0 Å². The van der Waals surface area contributed by atoms with Crippen LogP contribution in [0.1, 0.15) is 27.9 Å². The molecule has 0 spiro atoms. The first-order chi connectivity index (χ1) is 9.65. The van der Waals surface area contributed by atoms with E-state index >= 15 is 0 Å². The molecule has 4 nitrogen and oxygen atoms in total. The van der Waals surface area contributed by atoms with E-state index in [9.17, 15) is 4.79 Å². The molecule has 3 rings (SSSR count). The van der Waals surface area contributed by atoms with Gasteiger partial charge in [0.25, 0.3) is 0 Å². The summed E-state index contributed by atoms with van der Waals surface area (Å²) in [5.41, 5.74) is 14.7. The fourth-order valence-corrected chi connectivity index (χ4v) is 2.45. The van der Waals surface area contributed by atoms with Crippen LogP contribution in [0.2, 0.25) is 0 Å². The number of ether oxygens (including phenoxy) is 1. The molecule has 20 heavy (non-hydrogen) atoms. The molecule has 2 aromatic rings. The normalized spacial score (nSPS) is 13.4. The average Bonchev–Trinajstić information content (AvgIpc) is 2.46. The Bertz CT molecular complexity index is 680.